The molecule has 0 aliphatic carbocycles. The Morgan fingerprint density at radius 2 is 2.24 bits per heavy atom. The average Bonchev–Trinajstić information content (AvgIpc) is 2.76. The van der Waals surface area contributed by atoms with Gasteiger partial charge in [0.05, 0.1) is 18.8 Å². The van der Waals surface area contributed by atoms with E-state index in [2.05, 4.69) is 10.2 Å². The summed E-state index contributed by atoms with van der Waals surface area (Å²) in [6.07, 6.45) is 4.11. The Kier molecular flexibility index (Phi) is 3.11. The van der Waals surface area contributed by atoms with Crippen LogP contribution in [0.3, 0.4) is 0 Å². The number of hydroxylamine groups is 2. The van der Waals surface area contributed by atoms with E-state index in [0.717, 1.165) is 12.0 Å². The smallest absolute Gasteiger partial charge is 0.252 e. The number of rotatable bonds is 1. The summed E-state index contributed by atoms with van der Waals surface area (Å²) in [5, 5.41) is 9.07. The zero-order chi connectivity index (χ0) is 12.5. The van der Waals surface area contributed by atoms with Gasteiger partial charge >= 0.3 is 0 Å². The van der Waals surface area contributed by atoms with Gasteiger partial charge in [0.2, 0.25) is 0 Å². The molecule has 0 spiro atoms. The quantitative estimate of drug-likeness (QED) is 0.743. The van der Waals surface area contributed by atoms with Crippen molar-refractivity contribution in [3.05, 3.63) is 24.0 Å². The summed E-state index contributed by atoms with van der Waals surface area (Å²) in [4.78, 5) is 17.7. The van der Waals surface area contributed by atoms with Crippen molar-refractivity contribution >= 4 is 5.91 Å². The van der Waals surface area contributed by atoms with E-state index in [1.54, 1.807) is 12.4 Å². The fourth-order valence-electron chi connectivity index (χ4n) is 1.80. The average molecular weight is 235 g/mol. The second-order valence-corrected chi connectivity index (χ2v) is 5.19. The maximum Gasteiger partial charge on any atom is 0.252 e. The molecule has 1 aromatic rings. The SMILES string of the molecule is CC(C)(C)C(=O)N1OCCC1c1ccnnc1. The molecule has 2 rings (SSSR count). The minimum atomic E-state index is -0.441. The van der Waals surface area contributed by atoms with Crippen LogP contribution in [-0.4, -0.2) is 27.8 Å². The molecule has 0 bridgehead atoms. The van der Waals surface area contributed by atoms with Gasteiger partial charge in [-0.15, -0.1) is 0 Å². The molecule has 1 amide bonds. The Hall–Kier alpha value is -1.49. The van der Waals surface area contributed by atoms with Crippen LogP contribution < -0.4 is 0 Å². The van der Waals surface area contributed by atoms with Crippen molar-refractivity contribution in [3.63, 3.8) is 0 Å². The van der Waals surface area contributed by atoms with E-state index in [4.69, 9.17) is 4.84 Å². The van der Waals surface area contributed by atoms with Gasteiger partial charge in [-0.1, -0.05) is 20.8 Å². The highest BCUT2D eigenvalue weighted by Crippen LogP contribution is 2.33. The fourth-order valence-corrected chi connectivity index (χ4v) is 1.80. The zero-order valence-electron chi connectivity index (χ0n) is 10.4. The molecular weight excluding hydrogens is 218 g/mol. The Morgan fingerprint density at radius 1 is 1.47 bits per heavy atom. The number of aromatic nitrogens is 2. The van der Waals surface area contributed by atoms with Crippen molar-refractivity contribution < 1.29 is 9.63 Å². The van der Waals surface area contributed by atoms with Crippen LogP contribution >= 0.6 is 0 Å². The molecule has 0 aromatic carbocycles. The maximum atomic E-state index is 12.2. The first kappa shape index (κ1) is 12.0. The van der Waals surface area contributed by atoms with Crippen LogP contribution in [0.2, 0.25) is 0 Å². The third-order valence-corrected chi connectivity index (χ3v) is 2.74. The standard InChI is InChI=1S/C12H17N3O2/c1-12(2,3)11(16)15-10(5-7-17-15)9-4-6-13-14-8-9/h4,6,8,10H,5,7H2,1-3H3. The van der Waals surface area contributed by atoms with Crippen LogP contribution in [0.5, 0.6) is 0 Å². The molecule has 5 heteroatoms. The van der Waals surface area contributed by atoms with Crippen molar-refractivity contribution in [2.45, 2.75) is 33.2 Å². The lowest BCUT2D eigenvalue weighted by atomic mass is 9.94. The van der Waals surface area contributed by atoms with E-state index in [9.17, 15) is 4.79 Å². The minimum Gasteiger partial charge on any atom is -0.272 e. The molecule has 1 saturated heterocycles. The first-order valence-corrected chi connectivity index (χ1v) is 5.73. The van der Waals surface area contributed by atoms with E-state index < -0.39 is 5.41 Å². The summed E-state index contributed by atoms with van der Waals surface area (Å²) < 4.78 is 0. The predicted molar refractivity (Wildman–Crippen MR) is 61.6 cm³/mol. The minimum absolute atomic E-state index is 0.00295. The summed E-state index contributed by atoms with van der Waals surface area (Å²) in [6, 6.07) is 1.83. The molecular formula is C12H17N3O2. The van der Waals surface area contributed by atoms with Gasteiger partial charge < -0.3 is 0 Å². The number of hydrogen-bond acceptors (Lipinski definition) is 4. The van der Waals surface area contributed by atoms with Crippen LogP contribution in [0, 0.1) is 5.41 Å². The third-order valence-electron chi connectivity index (χ3n) is 2.74. The van der Waals surface area contributed by atoms with Crippen LogP contribution in [0.15, 0.2) is 18.5 Å². The van der Waals surface area contributed by atoms with E-state index >= 15 is 0 Å². The molecule has 5 nitrogen and oxygen atoms in total. The van der Waals surface area contributed by atoms with E-state index in [0.29, 0.717) is 6.61 Å². The van der Waals surface area contributed by atoms with Crippen molar-refractivity contribution in [2.75, 3.05) is 6.61 Å². The van der Waals surface area contributed by atoms with Gasteiger partial charge in [-0.2, -0.15) is 10.2 Å². The molecule has 1 atom stereocenters. The summed E-state index contributed by atoms with van der Waals surface area (Å²) in [5.74, 6) is -0.00295. The molecule has 0 N–H and O–H groups in total. The molecule has 1 aliphatic rings. The maximum absolute atomic E-state index is 12.2. The Labute approximate surface area is 101 Å². The number of carbonyl (C=O) groups is 1. The van der Waals surface area contributed by atoms with E-state index in [1.807, 2.05) is 26.8 Å². The first-order chi connectivity index (χ1) is 8.00. The highest BCUT2D eigenvalue weighted by Gasteiger charge is 2.37. The Bertz CT molecular complexity index is 400. The normalized spacial score (nSPS) is 20.6. The van der Waals surface area contributed by atoms with E-state index in [1.165, 1.54) is 5.06 Å². The largest absolute Gasteiger partial charge is 0.272 e. The molecule has 92 valence electrons. The van der Waals surface area contributed by atoms with Gasteiger partial charge in [0.25, 0.3) is 5.91 Å². The van der Waals surface area contributed by atoms with Crippen LogP contribution in [0.25, 0.3) is 0 Å². The number of hydrogen-bond donors (Lipinski definition) is 0. The summed E-state index contributed by atoms with van der Waals surface area (Å²) in [6.45, 7) is 6.23. The molecule has 17 heavy (non-hydrogen) atoms. The molecule has 1 fully saturated rings. The molecule has 0 saturated carbocycles. The van der Waals surface area contributed by atoms with Gasteiger partial charge in [0, 0.05) is 18.0 Å². The second-order valence-electron chi connectivity index (χ2n) is 5.19. The summed E-state index contributed by atoms with van der Waals surface area (Å²) in [5.41, 5.74) is 0.526. The van der Waals surface area contributed by atoms with Gasteiger partial charge in [-0.3, -0.25) is 9.63 Å². The molecule has 0 radical (unpaired) electrons. The van der Waals surface area contributed by atoms with Gasteiger partial charge in [-0.25, -0.2) is 5.06 Å². The number of nitrogens with zero attached hydrogens (tertiary/aromatic N) is 3. The lowest BCUT2D eigenvalue weighted by molar-refractivity contribution is -0.186. The lowest BCUT2D eigenvalue weighted by Crippen LogP contribution is -2.38. The summed E-state index contributed by atoms with van der Waals surface area (Å²) in [7, 11) is 0. The van der Waals surface area contributed by atoms with Crippen molar-refractivity contribution in [1.29, 1.82) is 0 Å². The molecule has 1 unspecified atom stereocenters. The highest BCUT2D eigenvalue weighted by atomic mass is 16.7. The van der Waals surface area contributed by atoms with Crippen LogP contribution in [-0.2, 0) is 9.63 Å². The Morgan fingerprint density at radius 3 is 2.82 bits per heavy atom. The third kappa shape index (κ3) is 2.44. The Balaban J connectivity index is 2.22. The zero-order valence-corrected chi connectivity index (χ0v) is 10.4. The highest BCUT2D eigenvalue weighted by molar-refractivity contribution is 5.81. The molecule has 1 aliphatic heterocycles. The molecule has 2 heterocycles. The molecule has 1 aromatic heterocycles. The van der Waals surface area contributed by atoms with Gasteiger partial charge in [0.1, 0.15) is 0 Å². The topological polar surface area (TPSA) is 55.3 Å². The van der Waals surface area contributed by atoms with Crippen molar-refractivity contribution in [3.8, 4) is 0 Å². The van der Waals surface area contributed by atoms with Crippen molar-refractivity contribution in [1.82, 2.24) is 15.3 Å². The lowest BCUT2D eigenvalue weighted by Gasteiger charge is -2.28. The first-order valence-electron chi connectivity index (χ1n) is 5.73. The second kappa shape index (κ2) is 4.41. The predicted octanol–water partition coefficient (Wildman–Crippen LogP) is 1.73. The monoisotopic (exact) mass is 235 g/mol. The van der Waals surface area contributed by atoms with Gasteiger partial charge in [-0.05, 0) is 11.6 Å². The van der Waals surface area contributed by atoms with Crippen LogP contribution in [0.1, 0.15) is 38.8 Å². The van der Waals surface area contributed by atoms with Gasteiger partial charge in [0.15, 0.2) is 0 Å². The number of amides is 1. The van der Waals surface area contributed by atoms with Crippen molar-refractivity contribution in [2.24, 2.45) is 5.41 Å². The van der Waals surface area contributed by atoms with Crippen LogP contribution in [0.4, 0.5) is 0 Å². The van der Waals surface area contributed by atoms with E-state index in [-0.39, 0.29) is 11.9 Å². The summed E-state index contributed by atoms with van der Waals surface area (Å²) >= 11 is 0. The fraction of sp³-hybridized carbons (Fsp3) is 0.583. The number of carbonyl (C=O) groups excluding carboxylic acids is 1.